The number of aryl methyl sites for hydroxylation is 3. The van der Waals surface area contributed by atoms with E-state index in [2.05, 4.69) is 15.0 Å². The zero-order valence-corrected chi connectivity index (χ0v) is 15.3. The molecule has 0 fully saturated rings. The largest absolute Gasteiger partial charge is 0.356 e. The first-order valence-electron chi connectivity index (χ1n) is 8.18. The van der Waals surface area contributed by atoms with Gasteiger partial charge in [-0.15, -0.1) is 0 Å². The molecule has 0 saturated carbocycles. The summed E-state index contributed by atoms with van der Waals surface area (Å²) in [5.74, 6) is -0.173. The fraction of sp³-hybridized carbons (Fsp3) is 0.412. The highest BCUT2D eigenvalue weighted by Crippen LogP contribution is 2.14. The number of hydrogen-bond donors (Lipinski definition) is 2. The van der Waals surface area contributed by atoms with Crippen molar-refractivity contribution in [3.05, 3.63) is 48.0 Å². The number of amides is 1. The zero-order chi connectivity index (χ0) is 18.3. The minimum Gasteiger partial charge on any atom is -0.356 e. The third-order valence-corrected chi connectivity index (χ3v) is 5.37. The minimum atomic E-state index is -3.59. The summed E-state index contributed by atoms with van der Waals surface area (Å²) in [4.78, 5) is 15.9. The van der Waals surface area contributed by atoms with E-state index in [0.717, 1.165) is 24.1 Å². The fourth-order valence-corrected chi connectivity index (χ4v) is 3.38. The van der Waals surface area contributed by atoms with Crippen molar-refractivity contribution >= 4 is 15.9 Å². The summed E-state index contributed by atoms with van der Waals surface area (Å²) < 4.78 is 28.8. The summed E-state index contributed by atoms with van der Waals surface area (Å²) in [6, 6.07) is 4.98. The third kappa shape index (κ3) is 5.99. The topological polar surface area (TPSA) is 93.1 Å². The molecule has 0 spiro atoms. The molecule has 0 bridgehead atoms. The van der Waals surface area contributed by atoms with Crippen LogP contribution in [-0.4, -0.2) is 37.0 Å². The van der Waals surface area contributed by atoms with Crippen molar-refractivity contribution in [1.82, 2.24) is 19.6 Å². The second kappa shape index (κ2) is 8.77. The Morgan fingerprint density at radius 1 is 1.20 bits per heavy atom. The molecule has 2 aromatic rings. The van der Waals surface area contributed by atoms with E-state index in [9.17, 15) is 13.2 Å². The van der Waals surface area contributed by atoms with E-state index in [1.807, 2.05) is 24.6 Å². The lowest BCUT2D eigenvalue weighted by atomic mass is 10.1. The normalized spacial score (nSPS) is 11.4. The molecule has 0 unspecified atom stereocenters. The summed E-state index contributed by atoms with van der Waals surface area (Å²) in [5, 5.41) is 2.78. The van der Waals surface area contributed by atoms with Crippen molar-refractivity contribution in [1.29, 1.82) is 0 Å². The molecule has 0 aliphatic heterocycles. The van der Waals surface area contributed by atoms with Gasteiger partial charge in [-0.25, -0.2) is 18.1 Å². The van der Waals surface area contributed by atoms with E-state index >= 15 is 0 Å². The number of aromatic nitrogens is 2. The van der Waals surface area contributed by atoms with Crippen LogP contribution >= 0.6 is 0 Å². The van der Waals surface area contributed by atoms with Gasteiger partial charge < -0.3 is 9.88 Å². The van der Waals surface area contributed by atoms with Gasteiger partial charge in [-0.1, -0.05) is 6.07 Å². The van der Waals surface area contributed by atoms with Crippen LogP contribution in [0.25, 0.3) is 0 Å². The first-order chi connectivity index (χ1) is 11.9. The Balaban J connectivity index is 1.69. The summed E-state index contributed by atoms with van der Waals surface area (Å²) in [7, 11) is -3.59. The molecule has 0 atom stereocenters. The van der Waals surface area contributed by atoms with Gasteiger partial charge in [-0.05, 0) is 43.5 Å². The molecule has 2 N–H and O–H groups in total. The Morgan fingerprint density at radius 2 is 2.00 bits per heavy atom. The second-order valence-corrected chi connectivity index (χ2v) is 7.66. The van der Waals surface area contributed by atoms with Crippen LogP contribution in [0.4, 0.5) is 0 Å². The van der Waals surface area contributed by atoms with E-state index in [4.69, 9.17) is 0 Å². The molecule has 136 valence electrons. The molecule has 0 aliphatic carbocycles. The average molecular weight is 364 g/mol. The average Bonchev–Trinajstić information content (AvgIpc) is 3.07. The van der Waals surface area contributed by atoms with Gasteiger partial charge in [0, 0.05) is 38.4 Å². The maximum atomic E-state index is 12.2. The molecule has 25 heavy (non-hydrogen) atoms. The lowest BCUT2D eigenvalue weighted by Crippen LogP contribution is -2.31. The number of rotatable bonds is 9. The van der Waals surface area contributed by atoms with E-state index in [1.54, 1.807) is 30.7 Å². The Hall–Kier alpha value is -2.19. The lowest BCUT2D eigenvalue weighted by Gasteiger charge is -2.09. The smallest absolute Gasteiger partial charge is 0.240 e. The second-order valence-electron chi connectivity index (χ2n) is 5.90. The summed E-state index contributed by atoms with van der Waals surface area (Å²) >= 11 is 0. The van der Waals surface area contributed by atoms with Crippen LogP contribution in [0.5, 0.6) is 0 Å². The van der Waals surface area contributed by atoms with Crippen LogP contribution in [0, 0.1) is 13.8 Å². The predicted molar refractivity (Wildman–Crippen MR) is 95.6 cm³/mol. The van der Waals surface area contributed by atoms with Crippen molar-refractivity contribution in [2.75, 3.05) is 13.1 Å². The molecule has 1 aromatic carbocycles. The van der Waals surface area contributed by atoms with Crippen LogP contribution in [-0.2, 0) is 21.4 Å². The maximum absolute atomic E-state index is 12.2. The molecule has 1 aromatic heterocycles. The number of nitrogens with zero attached hydrogens (tertiary/aromatic N) is 2. The first-order valence-corrected chi connectivity index (χ1v) is 9.66. The fourth-order valence-electron chi connectivity index (χ4n) is 2.26. The highest BCUT2D eigenvalue weighted by Gasteiger charge is 2.14. The Kier molecular flexibility index (Phi) is 6.72. The number of carbonyl (C=O) groups is 1. The molecule has 7 nitrogen and oxygen atoms in total. The Labute approximate surface area is 148 Å². The third-order valence-electron chi connectivity index (χ3n) is 3.91. The van der Waals surface area contributed by atoms with Crippen LogP contribution in [0.15, 0.2) is 41.8 Å². The summed E-state index contributed by atoms with van der Waals surface area (Å²) in [6.45, 7) is 5.19. The number of sulfonamides is 1. The Morgan fingerprint density at radius 3 is 2.68 bits per heavy atom. The van der Waals surface area contributed by atoms with Crippen LogP contribution < -0.4 is 10.0 Å². The van der Waals surface area contributed by atoms with Crippen molar-refractivity contribution in [2.24, 2.45) is 0 Å². The first kappa shape index (κ1) is 19.1. The van der Waals surface area contributed by atoms with Crippen molar-refractivity contribution in [3.63, 3.8) is 0 Å². The van der Waals surface area contributed by atoms with Crippen LogP contribution in [0.2, 0.25) is 0 Å². The van der Waals surface area contributed by atoms with Gasteiger partial charge in [-0.2, -0.15) is 0 Å². The number of nitrogens with one attached hydrogen (secondary N) is 2. The van der Waals surface area contributed by atoms with E-state index in [0.29, 0.717) is 6.54 Å². The predicted octanol–water partition coefficient (Wildman–Crippen LogP) is 1.37. The van der Waals surface area contributed by atoms with Gasteiger partial charge in [0.05, 0.1) is 11.2 Å². The van der Waals surface area contributed by atoms with Crippen LogP contribution in [0.1, 0.15) is 24.0 Å². The highest BCUT2D eigenvalue weighted by molar-refractivity contribution is 7.89. The minimum absolute atomic E-state index is 0.0720. The number of hydrogen-bond acceptors (Lipinski definition) is 4. The molecule has 1 amide bonds. The lowest BCUT2D eigenvalue weighted by molar-refractivity contribution is -0.120. The molecule has 8 heteroatoms. The molecule has 2 rings (SSSR count). The van der Waals surface area contributed by atoms with Gasteiger partial charge >= 0.3 is 0 Å². The molecule has 0 saturated heterocycles. The SMILES string of the molecule is Cc1ccc(S(=O)(=O)NCCC(=O)NCCCn2ccnc2)cc1C. The van der Waals surface area contributed by atoms with Gasteiger partial charge in [0.15, 0.2) is 0 Å². The van der Waals surface area contributed by atoms with Crippen molar-refractivity contribution < 1.29 is 13.2 Å². The maximum Gasteiger partial charge on any atom is 0.240 e. The molecule has 0 aliphatic rings. The molecule has 0 radical (unpaired) electrons. The van der Waals surface area contributed by atoms with Gasteiger partial charge in [-0.3, -0.25) is 4.79 Å². The van der Waals surface area contributed by atoms with Crippen LogP contribution in [0.3, 0.4) is 0 Å². The number of imidazole rings is 1. The summed E-state index contributed by atoms with van der Waals surface area (Å²) in [5.41, 5.74) is 1.95. The zero-order valence-electron chi connectivity index (χ0n) is 14.5. The van der Waals surface area contributed by atoms with E-state index in [-0.39, 0.29) is 23.8 Å². The Bertz CT molecular complexity index is 801. The van der Waals surface area contributed by atoms with Crippen molar-refractivity contribution in [2.45, 2.75) is 38.1 Å². The molecular weight excluding hydrogens is 340 g/mol. The number of benzene rings is 1. The highest BCUT2D eigenvalue weighted by atomic mass is 32.2. The molecular formula is C17H24N4O3S. The van der Waals surface area contributed by atoms with Gasteiger partial charge in [0.2, 0.25) is 15.9 Å². The standard InChI is InChI=1S/C17H24N4O3S/c1-14-4-5-16(12-15(14)2)25(23,24)20-8-6-17(22)19-7-3-10-21-11-9-18-13-21/h4-5,9,11-13,20H,3,6-8,10H2,1-2H3,(H,19,22). The van der Waals surface area contributed by atoms with E-state index < -0.39 is 10.0 Å². The monoisotopic (exact) mass is 364 g/mol. The quantitative estimate of drug-likeness (QED) is 0.657. The van der Waals surface area contributed by atoms with Gasteiger partial charge in [0.25, 0.3) is 0 Å². The van der Waals surface area contributed by atoms with Crippen molar-refractivity contribution in [3.8, 4) is 0 Å². The van der Waals surface area contributed by atoms with E-state index in [1.165, 1.54) is 0 Å². The summed E-state index contributed by atoms with van der Waals surface area (Å²) in [6.07, 6.45) is 6.19. The molecule has 1 heterocycles. The van der Waals surface area contributed by atoms with Gasteiger partial charge in [0.1, 0.15) is 0 Å². The number of carbonyl (C=O) groups excluding carboxylic acids is 1.